The van der Waals surface area contributed by atoms with Gasteiger partial charge < -0.3 is 10.1 Å². The molecular formula is C24H18ClN3O4S. The second-order valence-corrected chi connectivity index (χ2v) is 8.56. The molecule has 9 heteroatoms. The predicted octanol–water partition coefficient (Wildman–Crippen LogP) is 6.03. The Labute approximate surface area is 199 Å². The minimum atomic E-state index is -0.443. The highest BCUT2D eigenvalue weighted by Crippen LogP contribution is 2.32. The fourth-order valence-corrected chi connectivity index (χ4v) is 4.10. The van der Waals surface area contributed by atoms with E-state index in [9.17, 15) is 14.9 Å². The quantitative estimate of drug-likeness (QED) is 0.265. The van der Waals surface area contributed by atoms with Crippen LogP contribution in [0.2, 0.25) is 5.02 Å². The van der Waals surface area contributed by atoms with Crippen LogP contribution in [0.15, 0.2) is 76.6 Å². The molecule has 0 spiro atoms. The molecule has 0 saturated carbocycles. The van der Waals surface area contributed by atoms with Gasteiger partial charge in [-0.15, -0.1) is 0 Å². The van der Waals surface area contributed by atoms with E-state index < -0.39 is 4.92 Å². The van der Waals surface area contributed by atoms with E-state index in [2.05, 4.69) is 10.3 Å². The first-order valence-electron chi connectivity index (χ1n) is 9.90. The van der Waals surface area contributed by atoms with Gasteiger partial charge in [-0.3, -0.25) is 14.9 Å². The van der Waals surface area contributed by atoms with Gasteiger partial charge in [0.1, 0.15) is 12.4 Å². The topological polar surface area (TPSA) is 93.8 Å². The Kier molecular flexibility index (Phi) is 6.76. The molecule has 1 N–H and O–H groups in total. The van der Waals surface area contributed by atoms with E-state index in [0.29, 0.717) is 37.7 Å². The standard InChI is InChI=1S/C24H18ClN3O4S/c1-15-19(25)9-5-10-20(15)26-24-27-23(29)22(33-24)13-17-7-2-3-11-21(17)32-14-16-6-4-8-18(12-16)28(30)31/h2-13H,14H2,1H3,(H,26,27,29)/b22-13+. The van der Waals surface area contributed by atoms with Crippen LogP contribution in [0.3, 0.4) is 0 Å². The van der Waals surface area contributed by atoms with E-state index >= 15 is 0 Å². The highest BCUT2D eigenvalue weighted by Gasteiger charge is 2.24. The molecule has 0 radical (unpaired) electrons. The number of aliphatic imine (C=N–C) groups is 1. The molecule has 3 aromatic carbocycles. The zero-order valence-electron chi connectivity index (χ0n) is 17.4. The van der Waals surface area contributed by atoms with E-state index in [4.69, 9.17) is 16.3 Å². The van der Waals surface area contributed by atoms with E-state index in [1.165, 1.54) is 23.9 Å². The van der Waals surface area contributed by atoms with E-state index in [-0.39, 0.29) is 18.2 Å². The molecular weight excluding hydrogens is 462 g/mol. The van der Waals surface area contributed by atoms with Crippen LogP contribution in [0, 0.1) is 17.0 Å². The van der Waals surface area contributed by atoms with Gasteiger partial charge in [0.15, 0.2) is 5.17 Å². The van der Waals surface area contributed by atoms with Crippen molar-refractivity contribution in [2.45, 2.75) is 13.5 Å². The number of nitro benzene ring substituents is 1. The number of carbonyl (C=O) groups excluding carboxylic acids is 1. The average Bonchev–Trinajstić information content (AvgIpc) is 3.15. The Morgan fingerprint density at radius 1 is 1.15 bits per heavy atom. The molecule has 0 aliphatic carbocycles. The third kappa shape index (κ3) is 5.42. The van der Waals surface area contributed by atoms with Gasteiger partial charge in [-0.25, -0.2) is 4.99 Å². The number of rotatable bonds is 6. The number of halogens is 1. The molecule has 1 amide bonds. The maximum atomic E-state index is 12.5. The van der Waals surface area contributed by atoms with Crippen LogP contribution in [0.4, 0.5) is 11.4 Å². The van der Waals surface area contributed by atoms with Gasteiger partial charge in [-0.1, -0.05) is 48.0 Å². The number of nitrogens with one attached hydrogen (secondary N) is 1. The van der Waals surface area contributed by atoms with Crippen molar-refractivity contribution in [1.29, 1.82) is 0 Å². The van der Waals surface area contributed by atoms with Gasteiger partial charge in [0.25, 0.3) is 11.6 Å². The average molecular weight is 480 g/mol. The lowest BCUT2D eigenvalue weighted by molar-refractivity contribution is -0.384. The third-order valence-electron chi connectivity index (χ3n) is 4.83. The van der Waals surface area contributed by atoms with Crippen LogP contribution in [0.1, 0.15) is 16.7 Å². The summed E-state index contributed by atoms with van der Waals surface area (Å²) in [5.41, 5.74) is 2.91. The van der Waals surface area contributed by atoms with Crippen LogP contribution in [0.25, 0.3) is 6.08 Å². The molecule has 1 aliphatic rings. The second-order valence-electron chi connectivity index (χ2n) is 7.12. The number of para-hydroxylation sites is 1. The molecule has 1 heterocycles. The highest BCUT2D eigenvalue weighted by molar-refractivity contribution is 8.18. The Bertz CT molecular complexity index is 1310. The van der Waals surface area contributed by atoms with Crippen molar-refractivity contribution >= 4 is 51.9 Å². The van der Waals surface area contributed by atoms with Gasteiger partial charge in [-0.2, -0.15) is 0 Å². The first-order chi connectivity index (χ1) is 15.9. The summed E-state index contributed by atoms with van der Waals surface area (Å²) in [6, 6.07) is 19.0. The monoisotopic (exact) mass is 479 g/mol. The first-order valence-corrected chi connectivity index (χ1v) is 11.1. The largest absolute Gasteiger partial charge is 0.488 e. The van der Waals surface area contributed by atoms with Gasteiger partial charge in [-0.05, 0) is 54.1 Å². The summed E-state index contributed by atoms with van der Waals surface area (Å²) in [6.45, 7) is 2.02. The Balaban J connectivity index is 1.53. The molecule has 1 aliphatic heterocycles. The maximum Gasteiger partial charge on any atom is 0.269 e. The summed E-state index contributed by atoms with van der Waals surface area (Å²) in [5.74, 6) is 0.299. The Morgan fingerprint density at radius 3 is 2.76 bits per heavy atom. The maximum absolute atomic E-state index is 12.5. The summed E-state index contributed by atoms with van der Waals surface area (Å²) in [7, 11) is 0. The zero-order valence-corrected chi connectivity index (χ0v) is 19.0. The van der Waals surface area contributed by atoms with Crippen LogP contribution in [-0.4, -0.2) is 16.0 Å². The molecule has 0 aromatic heterocycles. The summed E-state index contributed by atoms with van der Waals surface area (Å²) >= 11 is 7.39. The number of non-ortho nitro benzene ring substituents is 1. The van der Waals surface area contributed by atoms with Crippen molar-refractivity contribution in [3.63, 3.8) is 0 Å². The number of nitrogens with zero attached hydrogens (tertiary/aromatic N) is 2. The van der Waals surface area contributed by atoms with Crippen molar-refractivity contribution in [3.05, 3.63) is 103 Å². The second kappa shape index (κ2) is 9.89. The molecule has 3 aromatic rings. The summed E-state index contributed by atoms with van der Waals surface area (Å²) < 4.78 is 5.90. The lowest BCUT2D eigenvalue weighted by Gasteiger charge is -2.09. The minimum Gasteiger partial charge on any atom is -0.488 e. The van der Waals surface area contributed by atoms with E-state index in [1.54, 1.807) is 30.3 Å². The summed E-state index contributed by atoms with van der Waals surface area (Å²) in [6.07, 6.45) is 1.73. The van der Waals surface area contributed by atoms with Gasteiger partial charge in [0, 0.05) is 22.7 Å². The smallest absolute Gasteiger partial charge is 0.269 e. The third-order valence-corrected chi connectivity index (χ3v) is 6.15. The van der Waals surface area contributed by atoms with Crippen LogP contribution in [0.5, 0.6) is 5.75 Å². The zero-order chi connectivity index (χ0) is 23.4. The van der Waals surface area contributed by atoms with Gasteiger partial charge >= 0.3 is 0 Å². The highest BCUT2D eigenvalue weighted by atomic mass is 35.5. The van der Waals surface area contributed by atoms with Crippen LogP contribution >= 0.6 is 23.4 Å². The Morgan fingerprint density at radius 2 is 1.94 bits per heavy atom. The Hall–Kier alpha value is -3.62. The number of carbonyl (C=O) groups is 1. The number of amides is 1. The molecule has 7 nitrogen and oxygen atoms in total. The molecule has 1 saturated heterocycles. The number of hydrogen-bond donors (Lipinski definition) is 1. The lowest BCUT2D eigenvalue weighted by atomic mass is 10.1. The molecule has 1 fully saturated rings. The number of amidine groups is 1. The van der Waals surface area contributed by atoms with Gasteiger partial charge in [0.2, 0.25) is 0 Å². The van der Waals surface area contributed by atoms with E-state index in [0.717, 1.165) is 5.56 Å². The summed E-state index contributed by atoms with van der Waals surface area (Å²) in [4.78, 5) is 28.0. The summed E-state index contributed by atoms with van der Waals surface area (Å²) in [5, 5.41) is 14.8. The SMILES string of the molecule is Cc1c(Cl)cccc1N=C1NC(=O)/C(=C\c2ccccc2OCc2cccc([N+](=O)[O-])c2)S1. The first kappa shape index (κ1) is 22.6. The van der Waals surface area contributed by atoms with Crippen molar-refractivity contribution in [2.75, 3.05) is 0 Å². The van der Waals surface area contributed by atoms with E-state index in [1.807, 2.05) is 37.3 Å². The molecule has 166 valence electrons. The van der Waals surface area contributed by atoms with Crippen LogP contribution in [-0.2, 0) is 11.4 Å². The number of ether oxygens (including phenoxy) is 1. The molecule has 0 bridgehead atoms. The molecule has 0 unspecified atom stereocenters. The van der Waals surface area contributed by atoms with Crippen molar-refractivity contribution < 1.29 is 14.5 Å². The molecule has 33 heavy (non-hydrogen) atoms. The molecule has 0 atom stereocenters. The number of hydrogen-bond acceptors (Lipinski definition) is 6. The fourth-order valence-electron chi connectivity index (χ4n) is 3.10. The number of nitro groups is 1. The van der Waals surface area contributed by atoms with Crippen molar-refractivity contribution in [2.24, 2.45) is 4.99 Å². The fraction of sp³-hybridized carbons (Fsp3) is 0.0833. The van der Waals surface area contributed by atoms with Crippen LogP contribution < -0.4 is 10.1 Å². The van der Waals surface area contributed by atoms with Crippen molar-refractivity contribution in [1.82, 2.24) is 5.32 Å². The molecule has 4 rings (SSSR count). The number of benzene rings is 3. The van der Waals surface area contributed by atoms with Gasteiger partial charge in [0.05, 0.1) is 15.5 Å². The van der Waals surface area contributed by atoms with Crippen molar-refractivity contribution in [3.8, 4) is 5.75 Å². The lowest BCUT2D eigenvalue weighted by Crippen LogP contribution is -2.19. The predicted molar refractivity (Wildman–Crippen MR) is 131 cm³/mol. The normalized spacial score (nSPS) is 15.6. The minimum absolute atomic E-state index is 0.00675. The number of thioether (sulfide) groups is 1.